The first-order valence-corrected chi connectivity index (χ1v) is 12.5. The third-order valence-corrected chi connectivity index (χ3v) is 9.89. The Kier molecular flexibility index (Phi) is 5.11. The molecule has 0 aromatic heterocycles. The van der Waals surface area contributed by atoms with Crippen molar-refractivity contribution in [3.8, 4) is 5.75 Å². The van der Waals surface area contributed by atoms with Crippen LogP contribution in [0.1, 0.15) is 77.7 Å². The van der Waals surface area contributed by atoms with Gasteiger partial charge < -0.3 is 9.84 Å². The maximum Gasteiger partial charge on any atom is 0.330 e. The van der Waals surface area contributed by atoms with Crippen molar-refractivity contribution in [1.82, 2.24) is 0 Å². The first-order valence-electron chi connectivity index (χ1n) is 12.5. The highest BCUT2D eigenvalue weighted by Crippen LogP contribution is 2.71. The zero-order chi connectivity index (χ0) is 22.6. The Morgan fingerprint density at radius 1 is 1.03 bits per heavy atom. The van der Waals surface area contributed by atoms with Crippen LogP contribution in [-0.4, -0.2) is 17.7 Å². The molecule has 0 amide bonds. The second-order valence-corrected chi connectivity index (χ2v) is 12.1. The van der Waals surface area contributed by atoms with Crippen LogP contribution in [0.4, 0.5) is 0 Å². The Morgan fingerprint density at radius 2 is 1.78 bits per heavy atom. The average Bonchev–Trinajstić information content (AvgIpc) is 3.00. The second kappa shape index (κ2) is 7.50. The summed E-state index contributed by atoms with van der Waals surface area (Å²) in [5.41, 5.74) is 2.12. The molecule has 4 aliphatic rings. The van der Waals surface area contributed by atoms with Gasteiger partial charge in [0, 0.05) is 11.5 Å². The van der Waals surface area contributed by atoms with Gasteiger partial charge in [-0.25, -0.2) is 4.79 Å². The number of phenolic OH excluding ortho intramolecular Hbond substituents is 1. The minimum atomic E-state index is -0.272. The summed E-state index contributed by atoms with van der Waals surface area (Å²) in [4.78, 5) is 12.5. The van der Waals surface area contributed by atoms with E-state index >= 15 is 0 Å². The van der Waals surface area contributed by atoms with Gasteiger partial charge in [0.15, 0.2) is 0 Å². The van der Waals surface area contributed by atoms with E-state index < -0.39 is 0 Å². The fraction of sp³-hybridized carbons (Fsp3) is 0.621. The lowest BCUT2D eigenvalue weighted by atomic mass is 9.40. The molecule has 3 nitrogen and oxygen atoms in total. The third-order valence-electron chi connectivity index (χ3n) is 9.89. The number of hydrogen-bond acceptors (Lipinski definition) is 3. The number of allylic oxidation sites excluding steroid dienone is 2. The molecular formula is C29H38O3. The topological polar surface area (TPSA) is 46.5 Å². The molecule has 3 saturated carbocycles. The van der Waals surface area contributed by atoms with Gasteiger partial charge in [-0.2, -0.15) is 0 Å². The number of carbonyl (C=O) groups excluding carboxylic acids is 1. The van der Waals surface area contributed by atoms with Gasteiger partial charge in [-0.05, 0) is 96.8 Å². The fourth-order valence-corrected chi connectivity index (χ4v) is 8.47. The third kappa shape index (κ3) is 3.53. The molecule has 1 aromatic rings. The molecule has 1 spiro atoms. The molecule has 0 saturated heterocycles. The molecule has 32 heavy (non-hydrogen) atoms. The summed E-state index contributed by atoms with van der Waals surface area (Å²) in [5, 5.41) is 9.41. The van der Waals surface area contributed by atoms with Crippen LogP contribution in [0.5, 0.6) is 5.75 Å². The van der Waals surface area contributed by atoms with Crippen LogP contribution in [-0.2, 0) is 9.53 Å². The highest BCUT2D eigenvalue weighted by Gasteiger charge is 2.63. The maximum absolute atomic E-state index is 12.5. The predicted octanol–water partition coefficient (Wildman–Crippen LogP) is 6.92. The molecule has 2 bridgehead atoms. The van der Waals surface area contributed by atoms with E-state index in [1.54, 1.807) is 30.3 Å². The molecule has 3 heteroatoms. The monoisotopic (exact) mass is 434 g/mol. The van der Waals surface area contributed by atoms with E-state index in [0.29, 0.717) is 28.8 Å². The van der Waals surface area contributed by atoms with Crippen molar-refractivity contribution < 1.29 is 14.6 Å². The normalized spacial score (nSPS) is 42.5. The standard InChI is InChI=1S/C29H38O3/c1-26-15-11-24-28(3)14-4-13-27(2,23(28)12-16-29(24,19-26)18-17-26)20-32-25(31)10-7-21-5-8-22(30)9-6-21/h5-10,17-18,23-24,30H,4,11-16,19-20H2,1-3H3/b10-7-/t23-,24+,26-,27-,28-,29+/m0/s1. The van der Waals surface area contributed by atoms with Crippen molar-refractivity contribution in [2.24, 2.45) is 33.5 Å². The van der Waals surface area contributed by atoms with E-state index in [4.69, 9.17) is 4.74 Å². The van der Waals surface area contributed by atoms with Gasteiger partial charge >= 0.3 is 5.97 Å². The highest BCUT2D eigenvalue weighted by atomic mass is 16.5. The molecule has 6 atom stereocenters. The Labute approximate surface area is 192 Å². The summed E-state index contributed by atoms with van der Waals surface area (Å²) in [6.45, 7) is 7.92. The van der Waals surface area contributed by atoms with Gasteiger partial charge in [0.05, 0.1) is 6.61 Å². The van der Waals surface area contributed by atoms with Crippen LogP contribution in [0, 0.1) is 33.5 Å². The fourth-order valence-electron chi connectivity index (χ4n) is 8.47. The van der Waals surface area contributed by atoms with E-state index in [1.165, 1.54) is 51.0 Å². The summed E-state index contributed by atoms with van der Waals surface area (Å²) >= 11 is 0. The molecule has 4 aliphatic carbocycles. The molecule has 0 aliphatic heterocycles. The lowest BCUT2D eigenvalue weighted by Crippen LogP contribution is -2.58. The number of aromatic hydroxyl groups is 1. The van der Waals surface area contributed by atoms with Gasteiger partial charge in [0.25, 0.3) is 0 Å². The van der Waals surface area contributed by atoms with Crippen molar-refractivity contribution in [1.29, 1.82) is 0 Å². The smallest absolute Gasteiger partial charge is 0.330 e. The number of rotatable bonds is 4. The molecule has 172 valence electrons. The van der Waals surface area contributed by atoms with Crippen molar-refractivity contribution in [2.75, 3.05) is 6.61 Å². The Balaban J connectivity index is 1.29. The number of hydrogen-bond donors (Lipinski definition) is 1. The molecule has 3 fully saturated rings. The van der Waals surface area contributed by atoms with E-state index in [0.717, 1.165) is 17.9 Å². The van der Waals surface area contributed by atoms with Gasteiger partial charge in [0.1, 0.15) is 5.75 Å². The van der Waals surface area contributed by atoms with Crippen molar-refractivity contribution >= 4 is 12.0 Å². The number of carbonyl (C=O) groups is 1. The Hall–Kier alpha value is -2.03. The minimum absolute atomic E-state index is 0.0553. The molecule has 0 unspecified atom stereocenters. The van der Waals surface area contributed by atoms with Gasteiger partial charge in [-0.3, -0.25) is 0 Å². The number of esters is 1. The first-order chi connectivity index (χ1) is 15.2. The highest BCUT2D eigenvalue weighted by molar-refractivity contribution is 5.87. The lowest BCUT2D eigenvalue weighted by molar-refractivity contribution is -0.168. The minimum Gasteiger partial charge on any atom is -0.508 e. The largest absolute Gasteiger partial charge is 0.508 e. The lowest BCUT2D eigenvalue weighted by Gasteiger charge is -2.64. The molecule has 0 heterocycles. The number of ether oxygens (including phenoxy) is 1. The van der Waals surface area contributed by atoms with Gasteiger partial charge in [0.2, 0.25) is 0 Å². The number of phenols is 1. The summed E-state index contributed by atoms with van der Waals surface area (Å²) in [6.07, 6.45) is 18.7. The Bertz CT molecular complexity index is 946. The van der Waals surface area contributed by atoms with Gasteiger partial charge in [-0.1, -0.05) is 51.5 Å². The van der Waals surface area contributed by atoms with Crippen LogP contribution < -0.4 is 0 Å². The van der Waals surface area contributed by atoms with Crippen molar-refractivity contribution in [2.45, 2.75) is 72.1 Å². The van der Waals surface area contributed by atoms with E-state index in [9.17, 15) is 9.90 Å². The number of benzene rings is 1. The molecular weight excluding hydrogens is 396 g/mol. The maximum atomic E-state index is 12.5. The predicted molar refractivity (Wildman–Crippen MR) is 128 cm³/mol. The van der Waals surface area contributed by atoms with E-state index in [1.807, 2.05) is 0 Å². The first kappa shape index (κ1) is 21.8. The second-order valence-electron chi connectivity index (χ2n) is 12.1. The van der Waals surface area contributed by atoms with Crippen LogP contribution in [0.2, 0.25) is 0 Å². The summed E-state index contributed by atoms with van der Waals surface area (Å²) in [5.74, 6) is 1.34. The summed E-state index contributed by atoms with van der Waals surface area (Å²) in [7, 11) is 0. The summed E-state index contributed by atoms with van der Waals surface area (Å²) < 4.78 is 5.85. The molecule has 0 radical (unpaired) electrons. The molecule has 1 N–H and O–H groups in total. The van der Waals surface area contributed by atoms with Crippen molar-refractivity contribution in [3.63, 3.8) is 0 Å². The van der Waals surface area contributed by atoms with Crippen LogP contribution in [0.3, 0.4) is 0 Å². The Morgan fingerprint density at radius 3 is 2.56 bits per heavy atom. The van der Waals surface area contributed by atoms with Crippen LogP contribution in [0.15, 0.2) is 42.5 Å². The zero-order valence-corrected chi connectivity index (χ0v) is 19.9. The van der Waals surface area contributed by atoms with Gasteiger partial charge in [-0.15, -0.1) is 0 Å². The van der Waals surface area contributed by atoms with E-state index in [-0.39, 0.29) is 17.1 Å². The van der Waals surface area contributed by atoms with Crippen LogP contribution >= 0.6 is 0 Å². The molecule has 1 aromatic carbocycles. The van der Waals surface area contributed by atoms with Crippen molar-refractivity contribution in [3.05, 3.63) is 48.1 Å². The zero-order valence-electron chi connectivity index (χ0n) is 19.9. The number of fused-ring (bicyclic) bond motifs is 3. The quantitative estimate of drug-likeness (QED) is 0.318. The SMILES string of the molecule is C[C@@]12C=C[C@]3(CC[C@H]4[C@](C)(COC(=O)/C=C\c5ccc(O)cc5)CCC[C@]4(C)[C@H]3CC1)C2. The summed E-state index contributed by atoms with van der Waals surface area (Å²) in [6, 6.07) is 6.82. The van der Waals surface area contributed by atoms with Crippen LogP contribution in [0.25, 0.3) is 6.08 Å². The average molecular weight is 435 g/mol. The molecule has 5 rings (SSSR count). The van der Waals surface area contributed by atoms with E-state index in [2.05, 4.69) is 32.9 Å².